The Kier molecular flexibility index (Phi) is 9.52. The molecule has 0 aromatic carbocycles. The highest BCUT2D eigenvalue weighted by molar-refractivity contribution is 5.85. The van der Waals surface area contributed by atoms with E-state index in [0.29, 0.717) is 32.1 Å². The van der Waals surface area contributed by atoms with Crippen LogP contribution in [0.25, 0.3) is 0 Å². The summed E-state index contributed by atoms with van der Waals surface area (Å²) < 4.78 is 39.9. The third kappa shape index (κ3) is 7.31. The van der Waals surface area contributed by atoms with Gasteiger partial charge < -0.3 is 10.6 Å². The highest BCUT2D eigenvalue weighted by Crippen LogP contribution is 2.29. The number of alkyl halides is 3. The highest BCUT2D eigenvalue weighted by Gasteiger charge is 2.44. The van der Waals surface area contributed by atoms with Crippen molar-refractivity contribution >= 4 is 18.3 Å². The molecule has 148 valence electrons. The van der Waals surface area contributed by atoms with E-state index in [-0.39, 0.29) is 30.8 Å². The van der Waals surface area contributed by atoms with Crippen LogP contribution in [0.5, 0.6) is 0 Å². The first-order valence-corrected chi connectivity index (χ1v) is 9.17. The normalized spacial score (nSPS) is 22.7. The van der Waals surface area contributed by atoms with Crippen molar-refractivity contribution in [1.82, 2.24) is 15.5 Å². The van der Waals surface area contributed by atoms with Gasteiger partial charge in [-0.1, -0.05) is 39.0 Å². The molecule has 1 aliphatic heterocycles. The smallest absolute Gasteiger partial charge is 0.354 e. The minimum Gasteiger partial charge on any atom is -0.354 e. The number of amides is 1. The Labute approximate surface area is 154 Å². The van der Waals surface area contributed by atoms with Crippen LogP contribution in [0.4, 0.5) is 13.2 Å². The minimum atomic E-state index is -4.32. The summed E-state index contributed by atoms with van der Waals surface area (Å²) in [6.07, 6.45) is 2.42. The molecule has 1 saturated carbocycles. The SMILES string of the molecule is CC(CC1CCCCC1)C(=O)NCC(N1CCNCC1)C(F)(F)F.Cl. The van der Waals surface area contributed by atoms with Gasteiger partial charge in [0.05, 0.1) is 0 Å². The zero-order chi connectivity index (χ0) is 17.6. The lowest BCUT2D eigenvalue weighted by molar-refractivity contribution is -0.184. The lowest BCUT2D eigenvalue weighted by Crippen LogP contribution is -2.57. The van der Waals surface area contributed by atoms with E-state index in [2.05, 4.69) is 10.6 Å². The van der Waals surface area contributed by atoms with Gasteiger partial charge in [0.15, 0.2) is 0 Å². The molecule has 1 heterocycles. The number of nitrogens with zero attached hydrogens (tertiary/aromatic N) is 1. The van der Waals surface area contributed by atoms with Crippen LogP contribution in [0.2, 0.25) is 0 Å². The van der Waals surface area contributed by atoms with Crippen LogP contribution in [0.1, 0.15) is 45.4 Å². The molecule has 0 aromatic heterocycles. The molecule has 2 unspecified atom stereocenters. The second-order valence-electron chi connectivity index (χ2n) is 7.23. The van der Waals surface area contributed by atoms with Crippen molar-refractivity contribution in [3.8, 4) is 0 Å². The first-order chi connectivity index (χ1) is 11.4. The van der Waals surface area contributed by atoms with Gasteiger partial charge in [0.2, 0.25) is 5.91 Å². The number of halogens is 4. The van der Waals surface area contributed by atoms with Crippen molar-refractivity contribution in [2.75, 3.05) is 32.7 Å². The van der Waals surface area contributed by atoms with Gasteiger partial charge in [-0.3, -0.25) is 9.69 Å². The molecule has 2 atom stereocenters. The van der Waals surface area contributed by atoms with Crippen molar-refractivity contribution in [3.63, 3.8) is 0 Å². The number of rotatable bonds is 6. The molecule has 4 nitrogen and oxygen atoms in total. The molecule has 1 aliphatic carbocycles. The van der Waals surface area contributed by atoms with E-state index in [0.717, 1.165) is 19.3 Å². The highest BCUT2D eigenvalue weighted by atomic mass is 35.5. The number of hydrogen-bond donors (Lipinski definition) is 2. The fourth-order valence-corrected chi connectivity index (χ4v) is 3.85. The van der Waals surface area contributed by atoms with E-state index in [9.17, 15) is 18.0 Å². The van der Waals surface area contributed by atoms with E-state index < -0.39 is 12.2 Å². The molecule has 1 amide bonds. The lowest BCUT2D eigenvalue weighted by atomic mass is 9.83. The summed E-state index contributed by atoms with van der Waals surface area (Å²) in [4.78, 5) is 13.6. The minimum absolute atomic E-state index is 0. The van der Waals surface area contributed by atoms with Crippen LogP contribution in [-0.2, 0) is 4.79 Å². The number of carbonyl (C=O) groups is 1. The Bertz CT molecular complexity index is 397. The summed E-state index contributed by atoms with van der Waals surface area (Å²) in [6, 6.07) is -1.59. The predicted molar refractivity (Wildman–Crippen MR) is 94.9 cm³/mol. The summed E-state index contributed by atoms with van der Waals surface area (Å²) >= 11 is 0. The summed E-state index contributed by atoms with van der Waals surface area (Å²) in [5.41, 5.74) is 0. The quantitative estimate of drug-likeness (QED) is 0.738. The average Bonchev–Trinajstić information content (AvgIpc) is 2.55. The molecule has 0 radical (unpaired) electrons. The second-order valence-corrected chi connectivity index (χ2v) is 7.23. The van der Waals surface area contributed by atoms with Crippen molar-refractivity contribution in [3.05, 3.63) is 0 Å². The van der Waals surface area contributed by atoms with E-state index in [4.69, 9.17) is 0 Å². The zero-order valence-electron chi connectivity index (χ0n) is 14.9. The first kappa shape index (κ1) is 22.5. The number of carbonyl (C=O) groups excluding carboxylic acids is 1. The maximum atomic E-state index is 13.3. The molecular weight excluding hydrogens is 355 g/mol. The molecule has 2 fully saturated rings. The monoisotopic (exact) mass is 385 g/mol. The summed E-state index contributed by atoms with van der Waals surface area (Å²) in [5.74, 6) is 0.0843. The molecular formula is C17H31ClF3N3O. The van der Waals surface area contributed by atoms with Gasteiger partial charge in [-0.25, -0.2) is 0 Å². The van der Waals surface area contributed by atoms with E-state index in [1.165, 1.54) is 24.2 Å². The number of nitrogens with one attached hydrogen (secondary N) is 2. The number of hydrogen-bond acceptors (Lipinski definition) is 3. The van der Waals surface area contributed by atoms with Crippen molar-refractivity contribution in [2.24, 2.45) is 11.8 Å². The maximum absolute atomic E-state index is 13.3. The van der Waals surface area contributed by atoms with Crippen molar-refractivity contribution in [2.45, 2.75) is 57.7 Å². The third-order valence-electron chi connectivity index (χ3n) is 5.30. The summed E-state index contributed by atoms with van der Waals surface area (Å²) in [5, 5.41) is 5.61. The molecule has 0 aromatic rings. The van der Waals surface area contributed by atoms with Gasteiger partial charge >= 0.3 is 6.18 Å². The van der Waals surface area contributed by atoms with Crippen LogP contribution in [0.3, 0.4) is 0 Å². The van der Waals surface area contributed by atoms with E-state index in [1.54, 1.807) is 0 Å². The van der Waals surface area contributed by atoms with Crippen LogP contribution >= 0.6 is 12.4 Å². The van der Waals surface area contributed by atoms with Crippen molar-refractivity contribution < 1.29 is 18.0 Å². The average molecular weight is 386 g/mol. The molecule has 2 N–H and O–H groups in total. The Morgan fingerprint density at radius 3 is 2.36 bits per heavy atom. The fraction of sp³-hybridized carbons (Fsp3) is 0.941. The predicted octanol–water partition coefficient (Wildman–Crippen LogP) is 2.97. The van der Waals surface area contributed by atoms with Gasteiger partial charge in [-0.15, -0.1) is 12.4 Å². The zero-order valence-corrected chi connectivity index (χ0v) is 15.7. The van der Waals surface area contributed by atoms with Gasteiger partial charge in [0, 0.05) is 38.6 Å². The topological polar surface area (TPSA) is 44.4 Å². The van der Waals surface area contributed by atoms with Crippen molar-refractivity contribution in [1.29, 1.82) is 0 Å². The second kappa shape index (κ2) is 10.6. The standard InChI is InChI=1S/C17H30F3N3O.ClH/c1-13(11-14-5-3-2-4-6-14)16(24)22-12-15(17(18,19)20)23-9-7-21-8-10-23;/h13-15,21H,2-12H2,1H3,(H,22,24);1H. The molecule has 1 saturated heterocycles. The lowest BCUT2D eigenvalue weighted by Gasteiger charge is -2.36. The molecule has 8 heteroatoms. The molecule has 25 heavy (non-hydrogen) atoms. The van der Waals surface area contributed by atoms with Crippen LogP contribution in [0, 0.1) is 11.8 Å². The molecule has 0 bridgehead atoms. The van der Waals surface area contributed by atoms with Crippen LogP contribution < -0.4 is 10.6 Å². The van der Waals surface area contributed by atoms with Gasteiger partial charge in [-0.2, -0.15) is 13.2 Å². The van der Waals surface area contributed by atoms with Crippen LogP contribution in [0.15, 0.2) is 0 Å². The van der Waals surface area contributed by atoms with Crippen LogP contribution in [-0.4, -0.2) is 55.7 Å². The Hall–Kier alpha value is -0.530. The summed E-state index contributed by atoms with van der Waals surface area (Å²) in [7, 11) is 0. The third-order valence-corrected chi connectivity index (χ3v) is 5.30. The maximum Gasteiger partial charge on any atom is 0.405 e. The van der Waals surface area contributed by atoms with E-state index in [1.807, 2.05) is 6.92 Å². The Morgan fingerprint density at radius 2 is 1.80 bits per heavy atom. The molecule has 0 spiro atoms. The Balaban J connectivity index is 0.00000312. The van der Waals surface area contributed by atoms with Gasteiger partial charge in [0.1, 0.15) is 6.04 Å². The molecule has 2 rings (SSSR count). The van der Waals surface area contributed by atoms with E-state index >= 15 is 0 Å². The van der Waals surface area contributed by atoms with Gasteiger partial charge in [0.25, 0.3) is 0 Å². The van der Waals surface area contributed by atoms with Gasteiger partial charge in [-0.05, 0) is 12.3 Å². The summed E-state index contributed by atoms with van der Waals surface area (Å²) in [6.45, 7) is 3.31. The molecule has 2 aliphatic rings. The fourth-order valence-electron chi connectivity index (χ4n) is 3.85. The first-order valence-electron chi connectivity index (χ1n) is 9.17. The number of piperazine rings is 1. The Morgan fingerprint density at radius 1 is 1.20 bits per heavy atom. The largest absolute Gasteiger partial charge is 0.405 e.